The van der Waals surface area contributed by atoms with Gasteiger partial charge in [-0.1, -0.05) is 62.4 Å². The zero-order valence-electron chi connectivity index (χ0n) is 14.8. The van der Waals surface area contributed by atoms with E-state index < -0.39 is 0 Å². The SMILES string of the molecule is CC.Cc1cccc2cccnc12.Cc1cccc2cccnc12. The van der Waals surface area contributed by atoms with Crippen LogP contribution in [0.3, 0.4) is 0 Å². The smallest absolute Gasteiger partial charge is 0.0731 e. The fourth-order valence-corrected chi connectivity index (χ4v) is 2.51. The second-order valence-electron chi connectivity index (χ2n) is 5.30. The van der Waals surface area contributed by atoms with Gasteiger partial charge >= 0.3 is 0 Å². The standard InChI is InChI=1S/2C10H9N.C2H6/c2*1-8-4-2-5-9-6-3-7-11-10(8)9;1-2/h2*2-7H,1H3;1-2H3. The maximum Gasteiger partial charge on any atom is 0.0731 e. The van der Waals surface area contributed by atoms with E-state index in [1.54, 1.807) is 0 Å². The van der Waals surface area contributed by atoms with E-state index >= 15 is 0 Å². The number of nitrogens with zero attached hydrogens (tertiary/aromatic N) is 2. The number of para-hydroxylation sites is 2. The normalized spacial score (nSPS) is 9.67. The highest BCUT2D eigenvalue weighted by atomic mass is 14.6. The predicted octanol–water partition coefficient (Wildman–Crippen LogP) is 6.11. The van der Waals surface area contributed by atoms with Crippen molar-refractivity contribution in [3.63, 3.8) is 0 Å². The summed E-state index contributed by atoms with van der Waals surface area (Å²) in [5, 5.41) is 2.43. The van der Waals surface area contributed by atoms with Crippen molar-refractivity contribution in [2.75, 3.05) is 0 Å². The molecule has 2 heterocycles. The van der Waals surface area contributed by atoms with Crippen LogP contribution in [0.1, 0.15) is 25.0 Å². The Morgan fingerprint density at radius 3 is 1.29 bits per heavy atom. The molecule has 0 spiro atoms. The second kappa shape index (κ2) is 8.78. The molecule has 0 saturated carbocycles. The van der Waals surface area contributed by atoms with Gasteiger partial charge in [0.05, 0.1) is 11.0 Å². The molecule has 2 aromatic carbocycles. The number of aryl methyl sites for hydroxylation is 2. The lowest BCUT2D eigenvalue weighted by Gasteiger charge is -1.97. The zero-order valence-corrected chi connectivity index (χ0v) is 14.8. The number of pyridine rings is 2. The van der Waals surface area contributed by atoms with Gasteiger partial charge in [-0.05, 0) is 37.1 Å². The summed E-state index contributed by atoms with van der Waals surface area (Å²) in [6, 6.07) is 20.5. The first-order chi connectivity index (χ1) is 11.8. The van der Waals surface area contributed by atoms with E-state index in [1.807, 2.05) is 38.4 Å². The summed E-state index contributed by atoms with van der Waals surface area (Å²) in [7, 11) is 0. The zero-order chi connectivity index (χ0) is 17.4. The molecule has 122 valence electrons. The predicted molar refractivity (Wildman–Crippen MR) is 104 cm³/mol. The third-order valence-corrected chi connectivity index (χ3v) is 3.67. The summed E-state index contributed by atoms with van der Waals surface area (Å²) < 4.78 is 0. The molecule has 2 aromatic heterocycles. The third kappa shape index (κ3) is 4.17. The maximum absolute atomic E-state index is 4.28. The molecule has 24 heavy (non-hydrogen) atoms. The van der Waals surface area contributed by atoms with Gasteiger partial charge in [-0.2, -0.15) is 0 Å². The molecule has 0 atom stereocenters. The lowest BCUT2D eigenvalue weighted by atomic mass is 10.1. The number of aromatic nitrogens is 2. The van der Waals surface area contributed by atoms with E-state index in [1.165, 1.54) is 21.9 Å². The Kier molecular flexibility index (Phi) is 6.44. The molecule has 2 nitrogen and oxygen atoms in total. The Morgan fingerprint density at radius 1 is 0.542 bits per heavy atom. The molecule has 0 unspecified atom stereocenters. The van der Waals surface area contributed by atoms with E-state index in [0.29, 0.717) is 0 Å². The minimum atomic E-state index is 1.11. The molecule has 4 aromatic rings. The van der Waals surface area contributed by atoms with Crippen LogP contribution in [0.2, 0.25) is 0 Å². The van der Waals surface area contributed by atoms with Gasteiger partial charge in [0.1, 0.15) is 0 Å². The fourth-order valence-electron chi connectivity index (χ4n) is 2.51. The van der Waals surface area contributed by atoms with Gasteiger partial charge in [-0.25, -0.2) is 0 Å². The first kappa shape index (κ1) is 17.6. The molecule has 0 aliphatic carbocycles. The van der Waals surface area contributed by atoms with Gasteiger partial charge in [-0.3, -0.25) is 9.97 Å². The van der Waals surface area contributed by atoms with Crippen LogP contribution in [0.25, 0.3) is 21.8 Å². The Balaban J connectivity index is 0.000000158. The molecule has 0 saturated heterocycles. The molecule has 0 bridgehead atoms. The van der Waals surface area contributed by atoms with Crippen LogP contribution in [0.5, 0.6) is 0 Å². The number of rotatable bonds is 0. The van der Waals surface area contributed by atoms with Gasteiger partial charge in [0.15, 0.2) is 0 Å². The van der Waals surface area contributed by atoms with Crippen LogP contribution >= 0.6 is 0 Å². The number of benzene rings is 2. The van der Waals surface area contributed by atoms with E-state index in [4.69, 9.17) is 0 Å². The van der Waals surface area contributed by atoms with Crippen molar-refractivity contribution in [2.45, 2.75) is 27.7 Å². The van der Waals surface area contributed by atoms with Crippen LogP contribution in [-0.4, -0.2) is 9.97 Å². The van der Waals surface area contributed by atoms with Gasteiger partial charge in [0.25, 0.3) is 0 Å². The van der Waals surface area contributed by atoms with E-state index in [-0.39, 0.29) is 0 Å². The van der Waals surface area contributed by atoms with Crippen molar-refractivity contribution in [1.29, 1.82) is 0 Å². The Morgan fingerprint density at radius 2 is 0.917 bits per heavy atom. The van der Waals surface area contributed by atoms with Crippen molar-refractivity contribution in [3.05, 3.63) is 84.2 Å². The second-order valence-corrected chi connectivity index (χ2v) is 5.30. The number of hydrogen-bond donors (Lipinski definition) is 0. The van der Waals surface area contributed by atoms with Gasteiger partial charge in [-0.15, -0.1) is 0 Å². The molecular formula is C22H24N2. The number of hydrogen-bond acceptors (Lipinski definition) is 2. The Labute approximate surface area is 144 Å². The Hall–Kier alpha value is -2.74. The van der Waals surface area contributed by atoms with Crippen LogP contribution in [-0.2, 0) is 0 Å². The van der Waals surface area contributed by atoms with E-state index in [0.717, 1.165) is 11.0 Å². The highest BCUT2D eigenvalue weighted by Gasteiger charge is 1.94. The molecule has 0 aliphatic rings. The molecular weight excluding hydrogens is 292 g/mol. The highest BCUT2D eigenvalue weighted by Crippen LogP contribution is 2.14. The van der Waals surface area contributed by atoms with Crippen molar-refractivity contribution in [2.24, 2.45) is 0 Å². The summed E-state index contributed by atoms with van der Waals surface area (Å²) >= 11 is 0. The topological polar surface area (TPSA) is 25.8 Å². The summed E-state index contributed by atoms with van der Waals surface area (Å²) in [6.07, 6.45) is 3.66. The average molecular weight is 316 g/mol. The quantitative estimate of drug-likeness (QED) is 0.391. The lowest BCUT2D eigenvalue weighted by Crippen LogP contribution is -1.80. The van der Waals surface area contributed by atoms with Crippen molar-refractivity contribution < 1.29 is 0 Å². The molecule has 0 radical (unpaired) electrons. The van der Waals surface area contributed by atoms with Crippen molar-refractivity contribution >= 4 is 21.8 Å². The maximum atomic E-state index is 4.28. The summed E-state index contributed by atoms with van der Waals surface area (Å²) in [5.41, 5.74) is 4.69. The van der Waals surface area contributed by atoms with Gasteiger partial charge in [0.2, 0.25) is 0 Å². The highest BCUT2D eigenvalue weighted by molar-refractivity contribution is 5.81. The van der Waals surface area contributed by atoms with E-state index in [2.05, 4.69) is 72.3 Å². The number of fused-ring (bicyclic) bond motifs is 2. The largest absolute Gasteiger partial charge is 0.256 e. The minimum Gasteiger partial charge on any atom is -0.256 e. The van der Waals surface area contributed by atoms with Crippen molar-refractivity contribution in [3.8, 4) is 0 Å². The lowest BCUT2D eigenvalue weighted by molar-refractivity contribution is 1.37. The van der Waals surface area contributed by atoms with E-state index in [9.17, 15) is 0 Å². The van der Waals surface area contributed by atoms with Crippen LogP contribution in [0.4, 0.5) is 0 Å². The van der Waals surface area contributed by atoms with Crippen molar-refractivity contribution in [1.82, 2.24) is 9.97 Å². The minimum absolute atomic E-state index is 1.11. The van der Waals surface area contributed by atoms with Crippen LogP contribution < -0.4 is 0 Å². The molecule has 0 N–H and O–H groups in total. The molecule has 2 heteroatoms. The Bertz CT molecular complexity index is 826. The van der Waals surface area contributed by atoms with Gasteiger partial charge < -0.3 is 0 Å². The van der Waals surface area contributed by atoms with Gasteiger partial charge in [0, 0.05) is 23.2 Å². The van der Waals surface area contributed by atoms with Crippen LogP contribution in [0.15, 0.2) is 73.1 Å². The van der Waals surface area contributed by atoms with Crippen LogP contribution in [0, 0.1) is 13.8 Å². The average Bonchev–Trinajstić information content (AvgIpc) is 2.65. The summed E-state index contributed by atoms with van der Waals surface area (Å²) in [5.74, 6) is 0. The molecule has 0 fully saturated rings. The first-order valence-electron chi connectivity index (χ1n) is 8.36. The fraction of sp³-hybridized carbons (Fsp3) is 0.182. The molecule has 0 aliphatic heterocycles. The molecule has 0 amide bonds. The monoisotopic (exact) mass is 316 g/mol. The first-order valence-corrected chi connectivity index (χ1v) is 8.36. The summed E-state index contributed by atoms with van der Waals surface area (Å²) in [6.45, 7) is 8.16. The molecule has 4 rings (SSSR count). The third-order valence-electron chi connectivity index (χ3n) is 3.67. The summed E-state index contributed by atoms with van der Waals surface area (Å²) in [4.78, 5) is 8.56.